The summed E-state index contributed by atoms with van der Waals surface area (Å²) in [5.74, 6) is 0.0175. The smallest absolute Gasteiger partial charge is 0.258 e. The number of fused-ring (bicyclic) bond motifs is 1. The van der Waals surface area contributed by atoms with Crippen molar-refractivity contribution in [1.82, 2.24) is 4.57 Å². The number of benzene rings is 2. The average Bonchev–Trinajstić information content (AvgIpc) is 3.16. The van der Waals surface area contributed by atoms with Crippen molar-refractivity contribution >= 4 is 21.3 Å². The topological polar surface area (TPSA) is 66.2 Å². The molecule has 3 aromatic rings. The molecule has 4 rings (SSSR count). The van der Waals surface area contributed by atoms with Gasteiger partial charge in [0.2, 0.25) is 0 Å². The second-order valence-corrected chi connectivity index (χ2v) is 8.14. The normalized spacial score (nSPS) is 19.4. The quantitative estimate of drug-likeness (QED) is 0.767. The molecule has 25 heavy (non-hydrogen) atoms. The number of hydrogen-bond acceptors (Lipinski definition) is 3. The third-order valence-corrected chi connectivity index (χ3v) is 6.17. The first kappa shape index (κ1) is 15.7. The maximum atomic E-state index is 13.1. The number of nitrogens with one attached hydrogen (secondary N) is 1. The van der Waals surface area contributed by atoms with E-state index in [1.54, 1.807) is 35.2 Å². The first-order valence-corrected chi connectivity index (χ1v) is 9.70. The highest BCUT2D eigenvalue weighted by Crippen LogP contribution is 2.31. The van der Waals surface area contributed by atoms with Gasteiger partial charge in [0.1, 0.15) is 0 Å². The molecule has 2 aromatic carbocycles. The zero-order chi connectivity index (χ0) is 17.4. The number of aromatic nitrogens is 1. The molecule has 1 aliphatic heterocycles. The van der Waals surface area contributed by atoms with E-state index in [9.17, 15) is 9.00 Å². The van der Waals surface area contributed by atoms with E-state index < -0.39 is 9.73 Å². The van der Waals surface area contributed by atoms with Crippen molar-refractivity contribution in [2.24, 2.45) is 0 Å². The minimum atomic E-state index is -2.83. The highest BCUT2D eigenvalue weighted by atomic mass is 32.2. The summed E-state index contributed by atoms with van der Waals surface area (Å²) in [5, 5.41) is 0. The molecule has 0 spiro atoms. The Morgan fingerprint density at radius 1 is 1.00 bits per heavy atom. The van der Waals surface area contributed by atoms with Crippen molar-refractivity contribution in [3.63, 3.8) is 0 Å². The summed E-state index contributed by atoms with van der Waals surface area (Å²) in [6, 6.07) is 18.3. The number of carbonyl (C=O) groups excluding carboxylic acids is 1. The second-order valence-electron chi connectivity index (χ2n) is 5.94. The predicted molar refractivity (Wildman–Crippen MR) is 97.9 cm³/mol. The fourth-order valence-corrected chi connectivity index (χ4v) is 4.56. The Balaban J connectivity index is 1.74. The largest absolute Gasteiger partial charge is 0.324 e. The van der Waals surface area contributed by atoms with Crippen LogP contribution in [0.2, 0.25) is 0 Å². The van der Waals surface area contributed by atoms with Crippen LogP contribution in [0.5, 0.6) is 0 Å². The lowest BCUT2D eigenvalue weighted by Gasteiger charge is -2.30. The lowest BCUT2D eigenvalue weighted by molar-refractivity contribution is 0.0987. The Bertz CT molecular complexity index is 1040. The highest BCUT2D eigenvalue weighted by Gasteiger charge is 2.29. The third kappa shape index (κ3) is 2.74. The van der Waals surface area contributed by atoms with E-state index in [0.717, 1.165) is 5.69 Å². The Morgan fingerprint density at radius 2 is 1.76 bits per heavy atom. The number of para-hydroxylation sites is 1. The lowest BCUT2D eigenvalue weighted by Crippen LogP contribution is -2.39. The second kappa shape index (κ2) is 5.89. The Morgan fingerprint density at radius 3 is 2.56 bits per heavy atom. The maximum absolute atomic E-state index is 13.1. The molecule has 1 atom stereocenters. The van der Waals surface area contributed by atoms with Crippen LogP contribution in [0.4, 0.5) is 5.69 Å². The summed E-state index contributed by atoms with van der Waals surface area (Å²) >= 11 is 0. The molecule has 0 aliphatic carbocycles. The van der Waals surface area contributed by atoms with E-state index in [2.05, 4.69) is 0 Å². The SMILES string of the molecule is N=S1(=O)CCN(C(=O)c2cccc(-n3cccc3)c2)c2ccccc21. The molecule has 6 heteroatoms. The molecule has 1 amide bonds. The van der Waals surface area contributed by atoms with E-state index in [1.807, 2.05) is 47.3 Å². The summed E-state index contributed by atoms with van der Waals surface area (Å²) in [5.41, 5.74) is 2.05. The van der Waals surface area contributed by atoms with Crippen molar-refractivity contribution in [2.45, 2.75) is 4.90 Å². The molecule has 0 radical (unpaired) electrons. The first-order valence-electron chi connectivity index (χ1n) is 7.97. The lowest BCUT2D eigenvalue weighted by atomic mass is 10.1. The zero-order valence-corrected chi connectivity index (χ0v) is 14.3. The van der Waals surface area contributed by atoms with Gasteiger partial charge in [-0.1, -0.05) is 18.2 Å². The monoisotopic (exact) mass is 351 g/mol. The number of anilines is 1. The molecule has 2 heterocycles. The third-order valence-electron chi connectivity index (χ3n) is 4.35. The molecule has 5 nitrogen and oxygen atoms in total. The van der Waals surface area contributed by atoms with Crippen molar-refractivity contribution in [2.75, 3.05) is 17.2 Å². The van der Waals surface area contributed by atoms with Crippen molar-refractivity contribution < 1.29 is 9.00 Å². The minimum Gasteiger partial charge on any atom is -0.324 e. The highest BCUT2D eigenvalue weighted by molar-refractivity contribution is 7.92. The summed E-state index contributed by atoms with van der Waals surface area (Å²) in [6.07, 6.45) is 3.85. The minimum absolute atomic E-state index is 0.142. The number of rotatable bonds is 2. The van der Waals surface area contributed by atoms with Gasteiger partial charge in [-0.25, -0.2) is 8.99 Å². The Kier molecular flexibility index (Phi) is 3.69. The summed E-state index contributed by atoms with van der Waals surface area (Å²) < 4.78 is 22.5. The number of amides is 1. The fraction of sp³-hybridized carbons (Fsp3) is 0.105. The van der Waals surface area contributed by atoms with Crippen LogP contribution in [-0.4, -0.2) is 27.0 Å². The van der Waals surface area contributed by atoms with Gasteiger partial charge in [0.05, 0.1) is 26.1 Å². The van der Waals surface area contributed by atoms with Gasteiger partial charge in [-0.15, -0.1) is 0 Å². The van der Waals surface area contributed by atoms with Gasteiger partial charge in [0.15, 0.2) is 0 Å². The molecule has 1 N–H and O–H groups in total. The van der Waals surface area contributed by atoms with Gasteiger partial charge >= 0.3 is 0 Å². The summed E-state index contributed by atoms with van der Waals surface area (Å²) in [6.45, 7) is 0.284. The fourth-order valence-electron chi connectivity index (χ4n) is 3.08. The van der Waals surface area contributed by atoms with E-state index in [0.29, 0.717) is 16.1 Å². The van der Waals surface area contributed by atoms with Crippen LogP contribution in [0, 0.1) is 4.78 Å². The van der Waals surface area contributed by atoms with E-state index in [-0.39, 0.29) is 18.2 Å². The summed E-state index contributed by atoms with van der Waals surface area (Å²) in [7, 11) is -2.83. The average molecular weight is 351 g/mol. The van der Waals surface area contributed by atoms with Crippen LogP contribution in [0.25, 0.3) is 5.69 Å². The molecule has 126 valence electrons. The van der Waals surface area contributed by atoms with Crippen LogP contribution < -0.4 is 4.90 Å². The molecule has 1 unspecified atom stereocenters. The Labute approximate surface area is 146 Å². The van der Waals surface area contributed by atoms with Crippen molar-refractivity contribution in [3.05, 3.63) is 78.6 Å². The van der Waals surface area contributed by atoms with Gasteiger partial charge in [-0.3, -0.25) is 4.79 Å². The first-order chi connectivity index (χ1) is 12.1. The van der Waals surface area contributed by atoms with E-state index in [4.69, 9.17) is 4.78 Å². The molecular weight excluding hydrogens is 334 g/mol. The standard InChI is InChI=1S/C19H17N3O2S/c20-25(24)13-12-22(17-8-1-2-9-18(17)25)19(23)15-6-5-7-16(14-15)21-10-3-4-11-21/h1-11,14,20H,12-13H2. The van der Waals surface area contributed by atoms with Crippen LogP contribution in [-0.2, 0) is 9.73 Å². The number of nitrogens with zero attached hydrogens (tertiary/aromatic N) is 2. The predicted octanol–water partition coefficient (Wildman–Crippen LogP) is 3.54. The van der Waals surface area contributed by atoms with Gasteiger partial charge in [-0.2, -0.15) is 0 Å². The van der Waals surface area contributed by atoms with Gasteiger partial charge < -0.3 is 9.47 Å². The molecule has 0 saturated heterocycles. The molecular formula is C19H17N3O2S. The zero-order valence-electron chi connectivity index (χ0n) is 13.5. The van der Waals surface area contributed by atoms with Crippen LogP contribution >= 0.6 is 0 Å². The van der Waals surface area contributed by atoms with E-state index in [1.165, 1.54) is 0 Å². The molecule has 0 saturated carbocycles. The number of carbonyl (C=O) groups is 1. The van der Waals surface area contributed by atoms with Gasteiger partial charge in [-0.05, 0) is 42.5 Å². The summed E-state index contributed by atoms with van der Waals surface area (Å²) in [4.78, 5) is 15.1. The molecule has 1 aliphatic rings. The van der Waals surface area contributed by atoms with E-state index >= 15 is 0 Å². The van der Waals surface area contributed by atoms with Crippen LogP contribution in [0.1, 0.15) is 10.4 Å². The van der Waals surface area contributed by atoms with Gasteiger partial charge in [0.25, 0.3) is 5.91 Å². The molecule has 0 bridgehead atoms. The molecule has 1 aromatic heterocycles. The molecule has 0 fully saturated rings. The number of hydrogen-bond donors (Lipinski definition) is 1. The maximum Gasteiger partial charge on any atom is 0.258 e. The van der Waals surface area contributed by atoms with Crippen molar-refractivity contribution in [3.8, 4) is 5.69 Å². The van der Waals surface area contributed by atoms with Crippen molar-refractivity contribution in [1.29, 1.82) is 4.78 Å². The van der Waals surface area contributed by atoms with Gasteiger partial charge in [0, 0.05) is 30.2 Å². The van der Waals surface area contributed by atoms with Crippen LogP contribution in [0.15, 0.2) is 78.0 Å². The Hall–Kier alpha value is -2.86. The van der Waals surface area contributed by atoms with Crippen LogP contribution in [0.3, 0.4) is 0 Å².